The zero-order chi connectivity index (χ0) is 20.5. The van der Waals surface area contributed by atoms with E-state index >= 15 is 0 Å². The summed E-state index contributed by atoms with van der Waals surface area (Å²) >= 11 is 0. The Hall–Kier alpha value is -1.96. The monoisotopic (exact) mass is 430 g/mol. The van der Waals surface area contributed by atoms with Crippen molar-refractivity contribution < 1.29 is 13.5 Å². The van der Waals surface area contributed by atoms with Crippen molar-refractivity contribution in [2.24, 2.45) is 17.8 Å². The molecule has 1 unspecified atom stereocenters. The van der Waals surface area contributed by atoms with Crippen LogP contribution < -0.4 is 9.64 Å². The molecule has 30 heavy (non-hydrogen) atoms. The SMILES string of the molecule is CS(=O)c1ccc(OCC[C@@H]2C[C@@H]2C2CCN(c3nc(C4CCC4)no3)CC2)nc1. The molecule has 0 bridgehead atoms. The fourth-order valence-electron chi connectivity index (χ4n) is 4.82. The third-order valence-electron chi connectivity index (χ3n) is 7.07. The minimum absolute atomic E-state index is 0.526. The van der Waals surface area contributed by atoms with Gasteiger partial charge in [0.05, 0.1) is 22.3 Å². The molecule has 2 saturated carbocycles. The van der Waals surface area contributed by atoms with Crippen LogP contribution in [0.3, 0.4) is 0 Å². The average molecular weight is 431 g/mol. The third kappa shape index (κ3) is 4.38. The second kappa shape index (κ2) is 8.65. The molecular weight excluding hydrogens is 400 g/mol. The van der Waals surface area contributed by atoms with Crippen molar-refractivity contribution in [1.82, 2.24) is 15.1 Å². The van der Waals surface area contributed by atoms with Crippen molar-refractivity contribution in [2.45, 2.75) is 55.8 Å². The lowest BCUT2D eigenvalue weighted by molar-refractivity contribution is 0.274. The number of piperidine rings is 1. The highest BCUT2D eigenvalue weighted by Gasteiger charge is 2.43. The first-order chi connectivity index (χ1) is 14.7. The lowest BCUT2D eigenvalue weighted by Gasteiger charge is -2.31. The molecular formula is C22H30N4O3S. The normalized spacial score (nSPS) is 25.7. The third-order valence-corrected chi connectivity index (χ3v) is 7.98. The van der Waals surface area contributed by atoms with Crippen LogP contribution >= 0.6 is 0 Å². The molecule has 0 N–H and O–H groups in total. The summed E-state index contributed by atoms with van der Waals surface area (Å²) in [5, 5.41) is 4.20. The molecule has 3 aliphatic rings. The summed E-state index contributed by atoms with van der Waals surface area (Å²) < 4.78 is 22.7. The number of aromatic nitrogens is 3. The second-order valence-corrected chi connectivity index (χ2v) is 10.4. The van der Waals surface area contributed by atoms with Gasteiger partial charge in [0.2, 0.25) is 5.88 Å². The Balaban J connectivity index is 1.03. The van der Waals surface area contributed by atoms with Gasteiger partial charge in [-0.1, -0.05) is 11.6 Å². The first kappa shape index (κ1) is 20.0. The van der Waals surface area contributed by atoms with Crippen LogP contribution in [0, 0.1) is 17.8 Å². The number of pyridine rings is 1. The zero-order valence-corrected chi connectivity index (χ0v) is 18.4. The highest BCUT2D eigenvalue weighted by Crippen LogP contribution is 2.50. The van der Waals surface area contributed by atoms with Gasteiger partial charge in [-0.3, -0.25) is 4.21 Å². The average Bonchev–Trinajstić information content (AvgIpc) is 3.34. The molecule has 1 aliphatic heterocycles. The summed E-state index contributed by atoms with van der Waals surface area (Å²) in [4.78, 5) is 11.9. The molecule has 0 aromatic carbocycles. The van der Waals surface area contributed by atoms with Crippen molar-refractivity contribution >= 4 is 16.8 Å². The lowest BCUT2D eigenvalue weighted by atomic mass is 9.85. The summed E-state index contributed by atoms with van der Waals surface area (Å²) in [6, 6.07) is 4.36. The van der Waals surface area contributed by atoms with Crippen LogP contribution in [0.5, 0.6) is 5.88 Å². The van der Waals surface area contributed by atoms with E-state index in [1.807, 2.05) is 12.1 Å². The number of hydrogen-bond donors (Lipinski definition) is 0. The van der Waals surface area contributed by atoms with E-state index in [0.29, 0.717) is 18.4 Å². The molecule has 7 nitrogen and oxygen atoms in total. The molecule has 3 heterocycles. The topological polar surface area (TPSA) is 81.4 Å². The first-order valence-electron chi connectivity index (χ1n) is 11.2. The van der Waals surface area contributed by atoms with E-state index in [1.165, 1.54) is 38.5 Å². The maximum atomic E-state index is 11.4. The molecule has 3 atom stereocenters. The van der Waals surface area contributed by atoms with Gasteiger partial charge in [0.15, 0.2) is 5.82 Å². The van der Waals surface area contributed by atoms with E-state index in [4.69, 9.17) is 9.26 Å². The van der Waals surface area contributed by atoms with Gasteiger partial charge in [-0.25, -0.2) is 4.98 Å². The molecule has 1 saturated heterocycles. The minimum atomic E-state index is -0.997. The van der Waals surface area contributed by atoms with Gasteiger partial charge in [-0.05, 0) is 62.3 Å². The highest BCUT2D eigenvalue weighted by molar-refractivity contribution is 7.84. The van der Waals surface area contributed by atoms with E-state index in [9.17, 15) is 4.21 Å². The fraction of sp³-hybridized carbons (Fsp3) is 0.682. The number of rotatable bonds is 8. The molecule has 3 fully saturated rings. The van der Waals surface area contributed by atoms with Gasteiger partial charge in [0, 0.05) is 37.5 Å². The van der Waals surface area contributed by atoms with Crippen LogP contribution in [-0.2, 0) is 10.8 Å². The number of nitrogens with zero attached hydrogens (tertiary/aromatic N) is 4. The molecule has 5 rings (SSSR count). The Kier molecular flexibility index (Phi) is 5.76. The molecule has 0 radical (unpaired) electrons. The summed E-state index contributed by atoms with van der Waals surface area (Å²) in [7, 11) is -0.997. The van der Waals surface area contributed by atoms with E-state index in [0.717, 1.165) is 54.0 Å². The van der Waals surface area contributed by atoms with Crippen molar-refractivity contribution in [2.75, 3.05) is 30.9 Å². The van der Waals surface area contributed by atoms with Crippen LogP contribution in [0.2, 0.25) is 0 Å². The quantitative estimate of drug-likeness (QED) is 0.630. The summed E-state index contributed by atoms with van der Waals surface area (Å²) in [6.07, 6.45) is 11.8. The minimum Gasteiger partial charge on any atom is -0.478 e. The lowest BCUT2D eigenvalue weighted by Crippen LogP contribution is -2.34. The smallest absolute Gasteiger partial charge is 0.324 e. The van der Waals surface area contributed by atoms with Crippen molar-refractivity contribution in [3.63, 3.8) is 0 Å². The van der Waals surface area contributed by atoms with E-state index in [-0.39, 0.29) is 0 Å². The van der Waals surface area contributed by atoms with E-state index < -0.39 is 10.8 Å². The maximum Gasteiger partial charge on any atom is 0.324 e. The number of anilines is 1. The number of ether oxygens (including phenoxy) is 1. The molecule has 2 aromatic rings. The fourth-order valence-corrected chi connectivity index (χ4v) is 5.28. The van der Waals surface area contributed by atoms with Crippen molar-refractivity contribution in [1.29, 1.82) is 0 Å². The van der Waals surface area contributed by atoms with Crippen LogP contribution in [0.15, 0.2) is 27.7 Å². The molecule has 2 aromatic heterocycles. The Morgan fingerprint density at radius 3 is 2.73 bits per heavy atom. The predicted octanol–water partition coefficient (Wildman–Crippen LogP) is 3.79. The largest absolute Gasteiger partial charge is 0.478 e. The molecule has 162 valence electrons. The van der Waals surface area contributed by atoms with Gasteiger partial charge in [0.25, 0.3) is 0 Å². The summed E-state index contributed by atoms with van der Waals surface area (Å²) in [6.45, 7) is 2.74. The Morgan fingerprint density at radius 1 is 1.23 bits per heavy atom. The van der Waals surface area contributed by atoms with Crippen molar-refractivity contribution in [3.05, 3.63) is 24.2 Å². The van der Waals surface area contributed by atoms with Crippen LogP contribution in [0.1, 0.15) is 56.7 Å². The van der Waals surface area contributed by atoms with E-state index in [1.54, 1.807) is 12.5 Å². The van der Waals surface area contributed by atoms with E-state index in [2.05, 4.69) is 20.0 Å². The standard InChI is InChI=1S/C22H30N4O3S/c1-30(27)18-5-6-20(23-14-18)28-12-9-17-13-19(17)15-7-10-26(11-8-15)22-24-21(25-29-22)16-3-2-4-16/h5-6,14-17,19H,2-4,7-13H2,1H3/t17-,19-,30?/m1/s1. The van der Waals surface area contributed by atoms with Gasteiger partial charge in [0.1, 0.15) is 0 Å². The maximum absolute atomic E-state index is 11.4. The molecule has 2 aliphatic carbocycles. The Morgan fingerprint density at radius 2 is 2.07 bits per heavy atom. The van der Waals surface area contributed by atoms with Gasteiger partial charge < -0.3 is 14.2 Å². The first-order valence-corrected chi connectivity index (χ1v) is 12.7. The van der Waals surface area contributed by atoms with Gasteiger partial charge in [-0.15, -0.1) is 0 Å². The van der Waals surface area contributed by atoms with Gasteiger partial charge in [-0.2, -0.15) is 4.98 Å². The molecule has 0 amide bonds. The number of hydrogen-bond acceptors (Lipinski definition) is 7. The van der Waals surface area contributed by atoms with Crippen LogP contribution in [0.4, 0.5) is 6.01 Å². The highest BCUT2D eigenvalue weighted by atomic mass is 32.2. The van der Waals surface area contributed by atoms with Crippen LogP contribution in [-0.4, -0.2) is 45.3 Å². The zero-order valence-electron chi connectivity index (χ0n) is 17.5. The van der Waals surface area contributed by atoms with Crippen LogP contribution in [0.25, 0.3) is 0 Å². The summed E-state index contributed by atoms with van der Waals surface area (Å²) in [5.41, 5.74) is 0. The Bertz CT molecular complexity index is 875. The molecule has 0 spiro atoms. The predicted molar refractivity (Wildman–Crippen MR) is 114 cm³/mol. The Labute approximate surface area is 180 Å². The second-order valence-electron chi connectivity index (χ2n) is 8.97. The molecule has 8 heteroatoms. The summed E-state index contributed by atoms with van der Waals surface area (Å²) in [5.74, 6) is 4.47. The van der Waals surface area contributed by atoms with Crippen molar-refractivity contribution in [3.8, 4) is 5.88 Å². The van der Waals surface area contributed by atoms with Gasteiger partial charge >= 0.3 is 6.01 Å².